The van der Waals surface area contributed by atoms with E-state index in [2.05, 4.69) is 26.3 Å². The first-order valence-corrected chi connectivity index (χ1v) is 9.82. The van der Waals surface area contributed by atoms with Gasteiger partial charge in [-0.15, -0.1) is 0 Å². The molecule has 0 unspecified atom stereocenters. The molecule has 29 heavy (non-hydrogen) atoms. The Kier molecular flexibility index (Phi) is 13.6. The summed E-state index contributed by atoms with van der Waals surface area (Å²) in [5.74, 6) is -1.23. The van der Waals surface area contributed by atoms with Crippen molar-refractivity contribution in [3.63, 3.8) is 0 Å². The molecule has 0 saturated heterocycles. The number of nitrogens with two attached hydrogens (primary N) is 2. The summed E-state index contributed by atoms with van der Waals surface area (Å²) in [6, 6.07) is -1.52. The molecule has 166 valence electrons. The van der Waals surface area contributed by atoms with Crippen molar-refractivity contribution in [3.05, 3.63) is 0 Å². The van der Waals surface area contributed by atoms with Crippen molar-refractivity contribution >= 4 is 29.6 Å². The second-order valence-corrected chi connectivity index (χ2v) is 6.64. The van der Waals surface area contributed by atoms with Crippen molar-refractivity contribution < 1.29 is 19.2 Å². The second kappa shape index (κ2) is 15.1. The summed E-state index contributed by atoms with van der Waals surface area (Å²) in [6.07, 6.45) is 2.53. The van der Waals surface area contributed by atoms with Gasteiger partial charge in [0.05, 0.1) is 0 Å². The van der Waals surface area contributed by atoms with Crippen LogP contribution < -0.4 is 32.7 Å². The van der Waals surface area contributed by atoms with Gasteiger partial charge in [0.2, 0.25) is 23.6 Å². The molecule has 0 aromatic carbocycles. The van der Waals surface area contributed by atoms with Crippen LogP contribution in [0.25, 0.3) is 0 Å². The van der Waals surface area contributed by atoms with Gasteiger partial charge in [-0.2, -0.15) is 0 Å². The van der Waals surface area contributed by atoms with Gasteiger partial charge in [0.25, 0.3) is 0 Å². The van der Waals surface area contributed by atoms with Crippen molar-refractivity contribution in [3.8, 4) is 0 Å². The average Bonchev–Trinajstić information content (AvgIpc) is 2.62. The zero-order chi connectivity index (χ0) is 22.2. The van der Waals surface area contributed by atoms with Gasteiger partial charge in [0, 0.05) is 33.5 Å². The van der Waals surface area contributed by atoms with E-state index in [0.29, 0.717) is 51.7 Å². The number of guanidine groups is 1. The van der Waals surface area contributed by atoms with Crippen LogP contribution in [0.15, 0.2) is 4.99 Å². The summed E-state index contributed by atoms with van der Waals surface area (Å²) in [7, 11) is 0. The number of amides is 4. The molecule has 0 aliphatic carbocycles. The molecule has 0 heterocycles. The molecular formula is C18H35N7O4. The quantitative estimate of drug-likeness (QED) is 0.114. The van der Waals surface area contributed by atoms with Crippen LogP contribution in [0.1, 0.15) is 52.9 Å². The molecule has 0 spiro atoms. The van der Waals surface area contributed by atoms with Crippen LogP contribution in [-0.4, -0.2) is 61.3 Å². The van der Waals surface area contributed by atoms with Gasteiger partial charge in [0.15, 0.2) is 5.96 Å². The number of unbranched alkanes of at least 4 members (excludes halogenated alkanes) is 1. The van der Waals surface area contributed by atoms with E-state index in [1.807, 2.05) is 0 Å². The van der Waals surface area contributed by atoms with Gasteiger partial charge in [-0.3, -0.25) is 24.2 Å². The number of nitrogens with one attached hydrogen (secondary N) is 4. The maximum Gasteiger partial charge on any atom is 0.243 e. The van der Waals surface area contributed by atoms with E-state index in [1.165, 1.54) is 13.8 Å². The van der Waals surface area contributed by atoms with Crippen molar-refractivity contribution in [1.29, 1.82) is 0 Å². The Bertz CT molecular complexity index is 577. The minimum atomic E-state index is -0.764. The minimum absolute atomic E-state index is 0.0337. The molecule has 0 saturated carbocycles. The Morgan fingerprint density at radius 2 is 1.45 bits per heavy atom. The van der Waals surface area contributed by atoms with Crippen LogP contribution in [0.3, 0.4) is 0 Å². The highest BCUT2D eigenvalue weighted by Crippen LogP contribution is 2.05. The predicted octanol–water partition coefficient (Wildman–Crippen LogP) is -1.53. The van der Waals surface area contributed by atoms with Crippen molar-refractivity contribution in [2.24, 2.45) is 16.5 Å². The summed E-state index contributed by atoms with van der Waals surface area (Å²) in [6.45, 7) is 5.81. The van der Waals surface area contributed by atoms with Gasteiger partial charge >= 0.3 is 0 Å². The first-order chi connectivity index (χ1) is 13.7. The Morgan fingerprint density at radius 3 is 2.00 bits per heavy atom. The SMILES string of the molecule is CCNC(=O)[C@@H](CCCN=C(N)N)NC(=O)[C@@H](CCCCNC(C)=O)NC(C)=O. The zero-order valence-corrected chi connectivity index (χ0v) is 17.5. The van der Waals surface area contributed by atoms with E-state index >= 15 is 0 Å². The number of aliphatic imine (C=N–C) groups is 1. The van der Waals surface area contributed by atoms with Crippen molar-refractivity contribution in [2.75, 3.05) is 19.6 Å². The second-order valence-electron chi connectivity index (χ2n) is 6.64. The summed E-state index contributed by atoms with van der Waals surface area (Å²) in [5, 5.41) is 10.7. The van der Waals surface area contributed by atoms with E-state index < -0.39 is 18.0 Å². The predicted molar refractivity (Wildman–Crippen MR) is 111 cm³/mol. The fraction of sp³-hybridized carbons (Fsp3) is 0.722. The van der Waals surface area contributed by atoms with Crippen LogP contribution in [0.4, 0.5) is 0 Å². The monoisotopic (exact) mass is 413 g/mol. The lowest BCUT2D eigenvalue weighted by molar-refractivity contribution is -0.132. The lowest BCUT2D eigenvalue weighted by Crippen LogP contribution is -2.53. The lowest BCUT2D eigenvalue weighted by atomic mass is 10.1. The van der Waals surface area contributed by atoms with E-state index in [9.17, 15) is 19.2 Å². The molecule has 0 fully saturated rings. The largest absolute Gasteiger partial charge is 0.370 e. The first kappa shape index (κ1) is 26.1. The minimum Gasteiger partial charge on any atom is -0.370 e. The number of carbonyl (C=O) groups excluding carboxylic acids is 4. The van der Waals surface area contributed by atoms with E-state index in [4.69, 9.17) is 11.5 Å². The van der Waals surface area contributed by atoms with Gasteiger partial charge in [-0.05, 0) is 39.0 Å². The standard InChI is InChI=1S/C18H35N7O4/c1-4-21-16(28)14(9-7-11-23-18(19)20)25-17(29)15(24-13(3)27)8-5-6-10-22-12(2)26/h14-15H,4-11H2,1-3H3,(H,21,28)(H,22,26)(H,24,27)(H,25,29)(H4,19,20,23)/t14-,15-/m1/s1. The third-order valence-electron chi connectivity index (χ3n) is 3.92. The molecule has 0 aromatic rings. The maximum absolute atomic E-state index is 12.7. The molecule has 2 atom stereocenters. The van der Waals surface area contributed by atoms with Gasteiger partial charge in [0.1, 0.15) is 12.1 Å². The highest BCUT2D eigenvalue weighted by molar-refractivity contribution is 5.91. The smallest absolute Gasteiger partial charge is 0.243 e. The lowest BCUT2D eigenvalue weighted by Gasteiger charge is -2.22. The van der Waals surface area contributed by atoms with Crippen LogP contribution in [0.5, 0.6) is 0 Å². The van der Waals surface area contributed by atoms with Crippen LogP contribution in [0, 0.1) is 0 Å². The molecular weight excluding hydrogens is 378 g/mol. The number of carbonyl (C=O) groups is 4. The maximum atomic E-state index is 12.7. The Labute approximate surface area is 171 Å². The van der Waals surface area contributed by atoms with Gasteiger partial charge in [-0.1, -0.05) is 0 Å². The van der Waals surface area contributed by atoms with Crippen LogP contribution in [0.2, 0.25) is 0 Å². The fourth-order valence-corrected chi connectivity index (χ4v) is 2.59. The molecule has 0 rings (SSSR count). The number of nitrogens with zero attached hydrogens (tertiary/aromatic N) is 1. The van der Waals surface area contributed by atoms with E-state index in [-0.39, 0.29) is 23.7 Å². The summed E-state index contributed by atoms with van der Waals surface area (Å²) in [4.78, 5) is 51.2. The molecule has 4 amide bonds. The fourth-order valence-electron chi connectivity index (χ4n) is 2.59. The number of hydrogen-bond donors (Lipinski definition) is 6. The van der Waals surface area contributed by atoms with Crippen molar-refractivity contribution in [2.45, 2.75) is 65.0 Å². The third kappa shape index (κ3) is 13.9. The number of hydrogen-bond acceptors (Lipinski definition) is 5. The first-order valence-electron chi connectivity index (χ1n) is 9.82. The summed E-state index contributed by atoms with van der Waals surface area (Å²) < 4.78 is 0. The summed E-state index contributed by atoms with van der Waals surface area (Å²) >= 11 is 0. The summed E-state index contributed by atoms with van der Waals surface area (Å²) in [5.41, 5.74) is 10.6. The molecule has 0 aromatic heterocycles. The molecule has 0 aliphatic heterocycles. The molecule has 11 heteroatoms. The Morgan fingerprint density at radius 1 is 0.828 bits per heavy atom. The van der Waals surface area contributed by atoms with E-state index in [0.717, 1.165) is 0 Å². The molecule has 0 radical (unpaired) electrons. The highest BCUT2D eigenvalue weighted by Gasteiger charge is 2.25. The normalized spacial score (nSPS) is 12.2. The molecule has 0 bridgehead atoms. The van der Waals surface area contributed by atoms with Gasteiger partial charge < -0.3 is 32.7 Å². The highest BCUT2D eigenvalue weighted by atomic mass is 16.2. The average molecular weight is 414 g/mol. The van der Waals surface area contributed by atoms with Crippen LogP contribution >= 0.6 is 0 Å². The van der Waals surface area contributed by atoms with Crippen molar-refractivity contribution in [1.82, 2.24) is 21.3 Å². The Hall–Kier alpha value is -2.85. The third-order valence-corrected chi connectivity index (χ3v) is 3.92. The van der Waals surface area contributed by atoms with Gasteiger partial charge in [-0.25, -0.2) is 0 Å². The molecule has 11 nitrogen and oxygen atoms in total. The number of likely N-dealkylation sites (N-methyl/N-ethyl adjacent to an activating group) is 1. The van der Waals surface area contributed by atoms with Crippen LogP contribution in [-0.2, 0) is 19.2 Å². The molecule has 0 aliphatic rings. The number of rotatable bonds is 14. The van der Waals surface area contributed by atoms with E-state index in [1.54, 1.807) is 6.92 Å². The Balaban J connectivity index is 4.84. The molecule has 8 N–H and O–H groups in total. The topological polar surface area (TPSA) is 181 Å². The zero-order valence-electron chi connectivity index (χ0n) is 17.5.